The molecule has 2 aromatic carbocycles. The van der Waals surface area contributed by atoms with Gasteiger partial charge in [-0.1, -0.05) is 35.6 Å². The van der Waals surface area contributed by atoms with Crippen molar-refractivity contribution in [2.45, 2.75) is 6.92 Å². The maximum atomic E-state index is 13.2. The monoisotopic (exact) mass is 473 g/mol. The minimum Gasteiger partial charge on any atom is -0.495 e. The van der Waals surface area contributed by atoms with Crippen molar-refractivity contribution in [2.75, 3.05) is 38.2 Å². The van der Waals surface area contributed by atoms with Gasteiger partial charge in [-0.25, -0.2) is 4.98 Å². The Kier molecular flexibility index (Phi) is 7.15. The summed E-state index contributed by atoms with van der Waals surface area (Å²) in [5.74, 6) is 7.48. The molecule has 34 heavy (non-hydrogen) atoms. The number of nitrogens with zero attached hydrogens (tertiary/aromatic N) is 3. The van der Waals surface area contributed by atoms with E-state index in [2.05, 4.69) is 21.7 Å². The number of benzene rings is 2. The molecule has 1 aliphatic rings. The van der Waals surface area contributed by atoms with Crippen molar-refractivity contribution < 1.29 is 14.3 Å². The number of carbonyl (C=O) groups is 2. The molecule has 0 aliphatic carbocycles. The van der Waals surface area contributed by atoms with E-state index in [1.165, 1.54) is 6.92 Å². The zero-order chi connectivity index (χ0) is 24.1. The standard InChI is InChI=1S/C27H24ClN3O3/c1-19(32)21-8-5-20(6-9-21)7-10-22-18-23(11-12-25(22)34-2)27(33)31-16-14-30(15-17-31)26-24(28)4-3-13-29-26/h3-6,8-9,11-13,18H,14-17H2,1-2H3. The van der Waals surface area contributed by atoms with Gasteiger partial charge in [-0.3, -0.25) is 9.59 Å². The first-order valence-electron chi connectivity index (χ1n) is 10.9. The third-order valence-corrected chi connectivity index (χ3v) is 5.98. The summed E-state index contributed by atoms with van der Waals surface area (Å²) in [6.45, 7) is 3.98. The lowest BCUT2D eigenvalue weighted by Gasteiger charge is -2.35. The Hall–Kier alpha value is -3.82. The number of piperazine rings is 1. The molecule has 1 fully saturated rings. The second-order valence-corrected chi connectivity index (χ2v) is 8.29. The number of Topliss-reactive ketones (excluding diaryl/α,β-unsaturated/α-hetero) is 1. The number of ketones is 1. The van der Waals surface area contributed by atoms with E-state index in [1.807, 2.05) is 11.0 Å². The van der Waals surface area contributed by atoms with E-state index in [0.717, 1.165) is 11.4 Å². The molecule has 7 heteroatoms. The van der Waals surface area contributed by atoms with Gasteiger partial charge in [-0.2, -0.15) is 0 Å². The Balaban J connectivity index is 1.49. The Morgan fingerprint density at radius 2 is 1.68 bits per heavy atom. The molecule has 3 aromatic rings. The van der Waals surface area contributed by atoms with Gasteiger partial charge in [0.2, 0.25) is 0 Å². The molecule has 1 saturated heterocycles. The summed E-state index contributed by atoms with van der Waals surface area (Å²) < 4.78 is 5.44. The van der Waals surface area contributed by atoms with Gasteiger partial charge in [0.25, 0.3) is 5.91 Å². The summed E-state index contributed by atoms with van der Waals surface area (Å²) in [7, 11) is 1.58. The summed E-state index contributed by atoms with van der Waals surface area (Å²) in [6.07, 6.45) is 1.72. The van der Waals surface area contributed by atoms with E-state index in [0.29, 0.717) is 53.6 Å². The van der Waals surface area contributed by atoms with Crippen LogP contribution in [0.3, 0.4) is 0 Å². The van der Waals surface area contributed by atoms with Crippen LogP contribution in [0.2, 0.25) is 5.02 Å². The molecule has 0 bridgehead atoms. The first-order chi connectivity index (χ1) is 16.5. The van der Waals surface area contributed by atoms with Crippen molar-refractivity contribution in [3.63, 3.8) is 0 Å². The van der Waals surface area contributed by atoms with Crippen LogP contribution in [0.15, 0.2) is 60.8 Å². The van der Waals surface area contributed by atoms with Crippen LogP contribution < -0.4 is 9.64 Å². The van der Waals surface area contributed by atoms with Crippen LogP contribution in [0, 0.1) is 11.8 Å². The third-order valence-electron chi connectivity index (χ3n) is 5.68. The summed E-state index contributed by atoms with van der Waals surface area (Å²) in [6, 6.07) is 16.0. The number of carbonyl (C=O) groups excluding carboxylic acids is 2. The van der Waals surface area contributed by atoms with Crippen molar-refractivity contribution >= 4 is 29.1 Å². The Labute approximate surface area is 204 Å². The van der Waals surface area contributed by atoms with Crippen LogP contribution >= 0.6 is 11.6 Å². The molecule has 172 valence electrons. The summed E-state index contributed by atoms with van der Waals surface area (Å²) in [4.78, 5) is 32.9. The summed E-state index contributed by atoms with van der Waals surface area (Å²) >= 11 is 6.27. The molecule has 0 radical (unpaired) electrons. The molecule has 0 unspecified atom stereocenters. The number of methoxy groups -OCH3 is 1. The lowest BCUT2D eigenvalue weighted by Crippen LogP contribution is -2.49. The zero-order valence-electron chi connectivity index (χ0n) is 19.0. The quantitative estimate of drug-likeness (QED) is 0.417. The molecular formula is C27H24ClN3O3. The fourth-order valence-corrected chi connectivity index (χ4v) is 4.02. The predicted octanol–water partition coefficient (Wildman–Crippen LogP) is 4.31. The molecule has 6 nitrogen and oxygen atoms in total. The second kappa shape index (κ2) is 10.4. The van der Waals surface area contributed by atoms with Gasteiger partial charge >= 0.3 is 0 Å². The van der Waals surface area contributed by atoms with Gasteiger partial charge in [0, 0.05) is 49.1 Å². The average molecular weight is 474 g/mol. The number of ether oxygens (including phenoxy) is 1. The topological polar surface area (TPSA) is 62.7 Å². The third kappa shape index (κ3) is 5.22. The van der Waals surface area contributed by atoms with E-state index in [4.69, 9.17) is 16.3 Å². The summed E-state index contributed by atoms with van der Waals surface area (Å²) in [5.41, 5.74) is 2.60. The number of rotatable bonds is 4. The number of halogens is 1. The summed E-state index contributed by atoms with van der Waals surface area (Å²) in [5, 5.41) is 0.608. The van der Waals surface area contributed by atoms with Crippen LogP contribution in [0.5, 0.6) is 5.75 Å². The van der Waals surface area contributed by atoms with Crippen LogP contribution in [0.1, 0.15) is 38.8 Å². The van der Waals surface area contributed by atoms with Crippen molar-refractivity contribution in [3.8, 4) is 17.6 Å². The SMILES string of the molecule is COc1ccc(C(=O)N2CCN(c3ncccc3Cl)CC2)cc1C#Cc1ccc(C(C)=O)cc1. The van der Waals surface area contributed by atoms with Crippen molar-refractivity contribution in [3.05, 3.63) is 88.1 Å². The lowest BCUT2D eigenvalue weighted by molar-refractivity contribution is 0.0746. The maximum Gasteiger partial charge on any atom is 0.254 e. The van der Waals surface area contributed by atoms with Crippen LogP contribution in [0.4, 0.5) is 5.82 Å². The molecule has 1 amide bonds. The number of aromatic nitrogens is 1. The average Bonchev–Trinajstić information content (AvgIpc) is 2.87. The number of hydrogen-bond acceptors (Lipinski definition) is 5. The first kappa shape index (κ1) is 23.3. The van der Waals surface area contributed by atoms with Gasteiger partial charge in [0.1, 0.15) is 11.6 Å². The van der Waals surface area contributed by atoms with E-state index in [9.17, 15) is 9.59 Å². The van der Waals surface area contributed by atoms with E-state index in [1.54, 1.807) is 61.8 Å². The second-order valence-electron chi connectivity index (χ2n) is 7.89. The fraction of sp³-hybridized carbons (Fsp3) is 0.222. The number of hydrogen-bond donors (Lipinski definition) is 0. The molecule has 4 rings (SSSR count). The minimum absolute atomic E-state index is 0.0105. The molecule has 0 atom stereocenters. The number of amides is 1. The van der Waals surface area contributed by atoms with Gasteiger partial charge in [-0.05, 0) is 49.4 Å². The van der Waals surface area contributed by atoms with E-state index in [-0.39, 0.29) is 11.7 Å². The first-order valence-corrected chi connectivity index (χ1v) is 11.3. The highest BCUT2D eigenvalue weighted by Gasteiger charge is 2.24. The molecular weight excluding hydrogens is 450 g/mol. The number of pyridine rings is 1. The van der Waals surface area contributed by atoms with Crippen LogP contribution in [-0.2, 0) is 0 Å². The van der Waals surface area contributed by atoms with Crippen LogP contribution in [-0.4, -0.2) is 54.9 Å². The van der Waals surface area contributed by atoms with Crippen molar-refractivity contribution in [2.24, 2.45) is 0 Å². The van der Waals surface area contributed by atoms with Gasteiger partial charge in [0.05, 0.1) is 17.7 Å². The van der Waals surface area contributed by atoms with Gasteiger partial charge < -0.3 is 14.5 Å². The minimum atomic E-state index is -0.0525. The molecule has 0 spiro atoms. The molecule has 0 saturated carbocycles. The van der Waals surface area contributed by atoms with Gasteiger partial charge in [0.15, 0.2) is 5.78 Å². The Morgan fingerprint density at radius 1 is 0.971 bits per heavy atom. The zero-order valence-corrected chi connectivity index (χ0v) is 19.8. The Morgan fingerprint density at radius 3 is 2.32 bits per heavy atom. The lowest BCUT2D eigenvalue weighted by atomic mass is 10.1. The normalized spacial score (nSPS) is 13.1. The fourth-order valence-electron chi connectivity index (χ4n) is 3.78. The van der Waals surface area contributed by atoms with Crippen molar-refractivity contribution in [1.29, 1.82) is 0 Å². The number of anilines is 1. The molecule has 0 N–H and O–H groups in total. The van der Waals surface area contributed by atoms with Gasteiger partial charge in [-0.15, -0.1) is 0 Å². The smallest absolute Gasteiger partial charge is 0.254 e. The highest BCUT2D eigenvalue weighted by atomic mass is 35.5. The Bertz CT molecular complexity index is 1270. The molecule has 2 heterocycles. The molecule has 1 aromatic heterocycles. The highest BCUT2D eigenvalue weighted by molar-refractivity contribution is 6.32. The molecule has 1 aliphatic heterocycles. The van der Waals surface area contributed by atoms with Crippen molar-refractivity contribution in [1.82, 2.24) is 9.88 Å². The van der Waals surface area contributed by atoms with E-state index >= 15 is 0 Å². The van der Waals surface area contributed by atoms with E-state index < -0.39 is 0 Å². The van der Waals surface area contributed by atoms with Crippen LogP contribution in [0.25, 0.3) is 0 Å². The highest BCUT2D eigenvalue weighted by Crippen LogP contribution is 2.24. The maximum absolute atomic E-state index is 13.2. The largest absolute Gasteiger partial charge is 0.495 e. The predicted molar refractivity (Wildman–Crippen MR) is 133 cm³/mol.